The van der Waals surface area contributed by atoms with Crippen LogP contribution in [0.15, 0.2) is 23.1 Å². The lowest BCUT2D eigenvalue weighted by molar-refractivity contribution is 0.00578. The first kappa shape index (κ1) is 15.2. The molecular weight excluding hydrogens is 273 g/mol. The normalized spacial score (nSPS) is 21.5. The van der Waals surface area contributed by atoms with E-state index in [2.05, 4.69) is 6.07 Å². The van der Waals surface area contributed by atoms with Crippen LogP contribution < -0.4 is 5.46 Å². The molecule has 0 bridgehead atoms. The van der Waals surface area contributed by atoms with Gasteiger partial charge in [-0.15, -0.1) is 0 Å². The van der Waals surface area contributed by atoms with Crippen LogP contribution in [-0.2, 0) is 20.1 Å². The van der Waals surface area contributed by atoms with Gasteiger partial charge in [-0.3, -0.25) is 4.21 Å². The largest absolute Gasteiger partial charge is 0.497 e. The second-order valence-electron chi connectivity index (χ2n) is 5.87. The van der Waals surface area contributed by atoms with Gasteiger partial charge in [0.15, 0.2) is 0 Å². The molecule has 20 heavy (non-hydrogen) atoms. The molecule has 1 fully saturated rings. The second-order valence-corrected chi connectivity index (χ2v) is 7.22. The van der Waals surface area contributed by atoms with Gasteiger partial charge in [0.1, 0.15) is 0 Å². The van der Waals surface area contributed by atoms with Crippen LogP contribution in [0, 0.1) is 11.3 Å². The predicted octanol–water partition coefficient (Wildman–Crippen LogP) is 1.59. The third-order valence-corrected chi connectivity index (χ3v) is 4.96. The number of hydrogen-bond donors (Lipinski definition) is 0. The molecule has 1 saturated heterocycles. The van der Waals surface area contributed by atoms with E-state index in [4.69, 9.17) is 9.31 Å². The average molecular weight is 291 g/mol. The molecule has 1 aromatic carbocycles. The fourth-order valence-electron chi connectivity index (χ4n) is 2.10. The second kappa shape index (κ2) is 4.99. The van der Waals surface area contributed by atoms with Crippen LogP contribution >= 0.6 is 0 Å². The van der Waals surface area contributed by atoms with Crippen LogP contribution in [0.5, 0.6) is 0 Å². The van der Waals surface area contributed by atoms with E-state index in [1.54, 1.807) is 24.5 Å². The molecule has 1 aliphatic heterocycles. The average Bonchev–Trinajstić information content (AvgIpc) is 2.57. The molecule has 1 atom stereocenters. The Balaban J connectivity index is 2.55. The lowest BCUT2D eigenvalue weighted by Gasteiger charge is -2.32. The highest BCUT2D eigenvalue weighted by atomic mass is 32.2. The minimum atomic E-state index is -1.21. The van der Waals surface area contributed by atoms with Gasteiger partial charge >= 0.3 is 7.12 Å². The van der Waals surface area contributed by atoms with Crippen LogP contribution in [0.3, 0.4) is 0 Å². The van der Waals surface area contributed by atoms with E-state index >= 15 is 0 Å². The predicted molar refractivity (Wildman–Crippen MR) is 79.2 cm³/mol. The Bertz CT molecular complexity index is 591. The van der Waals surface area contributed by atoms with Crippen LogP contribution in [0.25, 0.3) is 0 Å². The Morgan fingerprint density at radius 2 is 1.75 bits per heavy atom. The third kappa shape index (κ3) is 2.42. The minimum Gasteiger partial charge on any atom is -0.399 e. The first-order valence-corrected chi connectivity index (χ1v) is 7.97. The van der Waals surface area contributed by atoms with Crippen LogP contribution in [0.2, 0.25) is 0 Å². The monoisotopic (exact) mass is 291 g/mol. The molecule has 0 spiro atoms. The van der Waals surface area contributed by atoms with Gasteiger partial charge in [0.25, 0.3) is 0 Å². The maximum Gasteiger partial charge on any atom is 0.497 e. The maximum atomic E-state index is 11.9. The third-order valence-electron chi connectivity index (χ3n) is 3.99. The summed E-state index contributed by atoms with van der Waals surface area (Å²) in [5.74, 6) is 0. The molecule has 1 heterocycles. The molecule has 2 rings (SSSR count). The van der Waals surface area contributed by atoms with Gasteiger partial charge in [0, 0.05) is 27.4 Å². The summed E-state index contributed by atoms with van der Waals surface area (Å²) in [6.07, 6.45) is 1.59. The van der Waals surface area contributed by atoms with E-state index in [0.717, 1.165) is 0 Å². The Labute approximate surface area is 122 Å². The van der Waals surface area contributed by atoms with Crippen molar-refractivity contribution >= 4 is 23.4 Å². The van der Waals surface area contributed by atoms with Gasteiger partial charge in [0.05, 0.1) is 22.8 Å². The number of rotatable bonds is 2. The Kier molecular flexibility index (Phi) is 3.80. The summed E-state index contributed by atoms with van der Waals surface area (Å²) in [5, 5.41) is 9.29. The molecule has 0 amide bonds. The van der Waals surface area contributed by atoms with Gasteiger partial charge in [0.2, 0.25) is 0 Å². The maximum absolute atomic E-state index is 11.9. The lowest BCUT2D eigenvalue weighted by atomic mass is 9.76. The van der Waals surface area contributed by atoms with Crippen molar-refractivity contribution in [1.82, 2.24) is 0 Å². The summed E-state index contributed by atoms with van der Waals surface area (Å²) in [5.41, 5.74) is 0.0325. The van der Waals surface area contributed by atoms with Crippen molar-refractivity contribution in [3.8, 4) is 6.07 Å². The first-order valence-electron chi connectivity index (χ1n) is 6.41. The Morgan fingerprint density at radius 1 is 1.20 bits per heavy atom. The molecule has 6 heteroatoms. The highest BCUT2D eigenvalue weighted by molar-refractivity contribution is 7.84. The topological polar surface area (TPSA) is 59.3 Å². The fraction of sp³-hybridized carbons (Fsp3) is 0.500. The van der Waals surface area contributed by atoms with Crippen molar-refractivity contribution in [3.05, 3.63) is 23.8 Å². The molecule has 1 unspecified atom stereocenters. The summed E-state index contributed by atoms with van der Waals surface area (Å²) in [4.78, 5) is 0.586. The Hall–Kier alpha value is -1.16. The molecule has 0 N–H and O–H groups in total. The van der Waals surface area contributed by atoms with Crippen molar-refractivity contribution in [1.29, 1.82) is 5.26 Å². The molecule has 0 aromatic heterocycles. The summed E-state index contributed by atoms with van der Waals surface area (Å²) >= 11 is 0. The highest BCUT2D eigenvalue weighted by Gasteiger charge is 2.53. The van der Waals surface area contributed by atoms with Gasteiger partial charge in [-0.25, -0.2) is 0 Å². The zero-order valence-corrected chi connectivity index (χ0v) is 13.2. The van der Waals surface area contributed by atoms with Gasteiger partial charge in [-0.2, -0.15) is 5.26 Å². The molecule has 1 aromatic rings. The van der Waals surface area contributed by atoms with Crippen molar-refractivity contribution in [2.45, 2.75) is 43.8 Å². The van der Waals surface area contributed by atoms with E-state index in [1.165, 1.54) is 0 Å². The summed E-state index contributed by atoms with van der Waals surface area (Å²) in [6.45, 7) is 7.80. The molecular formula is C14H18BNO3S. The fourth-order valence-corrected chi connectivity index (χ4v) is 2.88. The zero-order valence-electron chi connectivity index (χ0n) is 12.4. The zero-order chi connectivity index (χ0) is 15.1. The summed E-state index contributed by atoms with van der Waals surface area (Å²) < 4.78 is 23.9. The highest BCUT2D eigenvalue weighted by Crippen LogP contribution is 2.37. The van der Waals surface area contributed by atoms with Crippen molar-refractivity contribution in [3.63, 3.8) is 0 Å². The number of hydrogen-bond acceptors (Lipinski definition) is 4. The van der Waals surface area contributed by atoms with Crippen molar-refractivity contribution in [2.75, 3.05) is 6.26 Å². The van der Waals surface area contributed by atoms with Gasteiger partial charge in [-0.1, -0.05) is 6.07 Å². The van der Waals surface area contributed by atoms with E-state index in [-0.39, 0.29) is 0 Å². The number of benzene rings is 1. The van der Waals surface area contributed by atoms with E-state index in [0.29, 0.717) is 15.9 Å². The quantitative estimate of drug-likeness (QED) is 0.776. The molecule has 0 radical (unpaired) electrons. The van der Waals surface area contributed by atoms with E-state index < -0.39 is 29.1 Å². The molecule has 1 aliphatic rings. The Morgan fingerprint density at radius 3 is 2.20 bits per heavy atom. The summed E-state index contributed by atoms with van der Waals surface area (Å²) in [7, 11) is -1.88. The molecule has 4 nitrogen and oxygen atoms in total. The van der Waals surface area contributed by atoms with E-state index in [1.807, 2.05) is 27.7 Å². The van der Waals surface area contributed by atoms with Crippen molar-refractivity contribution in [2.24, 2.45) is 0 Å². The lowest BCUT2D eigenvalue weighted by Crippen LogP contribution is -2.41. The SMILES string of the molecule is CS(=O)c1cccc(C#N)c1B1OC(C)(C)C(C)(C)O1. The van der Waals surface area contributed by atoms with Crippen LogP contribution in [0.4, 0.5) is 0 Å². The summed E-state index contributed by atoms with van der Waals surface area (Å²) in [6, 6.07) is 7.29. The molecule has 106 valence electrons. The minimum absolute atomic E-state index is 0.441. The smallest absolute Gasteiger partial charge is 0.399 e. The van der Waals surface area contributed by atoms with Crippen LogP contribution in [-0.4, -0.2) is 28.8 Å². The number of nitrogens with zero attached hydrogens (tertiary/aromatic N) is 1. The van der Waals surface area contributed by atoms with Crippen molar-refractivity contribution < 1.29 is 13.5 Å². The first-order chi connectivity index (χ1) is 9.19. The molecule has 0 aliphatic carbocycles. The number of nitriles is 1. The van der Waals surface area contributed by atoms with Gasteiger partial charge < -0.3 is 9.31 Å². The van der Waals surface area contributed by atoms with Gasteiger partial charge in [-0.05, 0) is 39.8 Å². The molecule has 0 saturated carbocycles. The van der Waals surface area contributed by atoms with E-state index in [9.17, 15) is 9.47 Å². The van der Waals surface area contributed by atoms with Crippen LogP contribution in [0.1, 0.15) is 33.3 Å². The standard InChI is InChI=1S/C14H18BNO3S/c1-13(2)14(3,4)19-15(18-13)12-10(9-16)7-6-8-11(12)20(5)17/h6-8H,1-5H3.